The van der Waals surface area contributed by atoms with Crippen LogP contribution in [0.25, 0.3) is 6.08 Å². The minimum absolute atomic E-state index is 0.129. The molecule has 1 aliphatic heterocycles. The molecule has 46 valence electrons. The molecule has 1 aliphatic rings. The highest BCUT2D eigenvalue weighted by Crippen LogP contribution is 2.09. The van der Waals surface area contributed by atoms with Gasteiger partial charge in [0.2, 0.25) is 0 Å². The van der Waals surface area contributed by atoms with Gasteiger partial charge in [-0.1, -0.05) is 20.7 Å². The van der Waals surface area contributed by atoms with E-state index in [4.69, 9.17) is 0 Å². The highest BCUT2D eigenvalue weighted by atomic mass is 127. The molecule has 2 heterocycles. The smallest absolute Gasteiger partial charge is 0.161 e. The summed E-state index contributed by atoms with van der Waals surface area (Å²) in [6.07, 6.45) is 3.75. The summed E-state index contributed by atoms with van der Waals surface area (Å²) in [6, 6.07) is 0. The van der Waals surface area contributed by atoms with Crippen molar-refractivity contribution in [1.82, 2.24) is 14.8 Å². The van der Waals surface area contributed by atoms with Crippen LogP contribution >= 0.6 is 20.7 Å². The molecule has 0 saturated heterocycles. The van der Waals surface area contributed by atoms with Gasteiger partial charge in [-0.25, -0.2) is 0 Å². The maximum atomic E-state index is 3.87. The molecule has 0 bridgehead atoms. The summed E-state index contributed by atoms with van der Waals surface area (Å²) in [5.74, 6) is 0.945. The molecule has 0 amide bonds. The quantitative estimate of drug-likeness (QED) is 0.621. The van der Waals surface area contributed by atoms with Gasteiger partial charge in [0.25, 0.3) is 0 Å². The van der Waals surface area contributed by atoms with Crippen LogP contribution in [0, 0.1) is 0 Å². The van der Waals surface area contributed by atoms with Gasteiger partial charge in [0, 0.05) is 4.14 Å². The van der Waals surface area contributed by atoms with E-state index in [2.05, 4.69) is 18.4 Å². The van der Waals surface area contributed by atoms with Gasteiger partial charge < -0.3 is 0 Å². The molecule has 4 heteroatoms. The number of hydrogen-bond acceptors (Lipinski definition) is 2. The fraction of sp³-hybridized carbons (Fsp3) is 0. The Morgan fingerprint density at radius 2 is 2.56 bits per heavy atom. The minimum Gasteiger partial charge on any atom is -0.284 e. The Bertz CT molecular complexity index is 247. The van der Waals surface area contributed by atoms with E-state index >= 15 is 0 Å². The number of rotatable bonds is 0. The average Bonchev–Trinajstić information content (AvgIpc) is 2.33. The third kappa shape index (κ3) is 0.827. The first-order valence-electron chi connectivity index (χ1n) is 2.48. The van der Waals surface area contributed by atoms with Crippen LogP contribution in [0.5, 0.6) is 0 Å². The van der Waals surface area contributed by atoms with E-state index in [1.807, 2.05) is 10.6 Å². The van der Waals surface area contributed by atoms with Crippen molar-refractivity contribution in [3.8, 4) is 0 Å². The number of halogens is 1. The van der Waals surface area contributed by atoms with Gasteiger partial charge in [-0.05, 0) is 10.2 Å². The summed E-state index contributed by atoms with van der Waals surface area (Å²) in [4.78, 5) is 0. The molecule has 3 nitrogen and oxygen atoms in total. The van der Waals surface area contributed by atoms with Crippen LogP contribution in [0.1, 0.15) is 5.82 Å². The maximum absolute atomic E-state index is 3.87. The molecule has 0 aliphatic carbocycles. The van der Waals surface area contributed by atoms with Crippen LogP contribution in [0.2, 0.25) is 0 Å². The summed E-state index contributed by atoms with van der Waals surface area (Å²) in [5.41, 5.74) is 0. The Labute approximate surface area is 62.2 Å². The molecule has 0 fully saturated rings. The van der Waals surface area contributed by atoms with Crippen LogP contribution in [0.3, 0.4) is 0 Å². The van der Waals surface area contributed by atoms with Crippen molar-refractivity contribution in [3.63, 3.8) is 0 Å². The topological polar surface area (TPSA) is 30.7 Å². The molecule has 0 spiro atoms. The van der Waals surface area contributed by atoms with Crippen molar-refractivity contribution in [3.05, 3.63) is 16.2 Å². The van der Waals surface area contributed by atoms with Crippen molar-refractivity contribution in [2.45, 2.75) is 0 Å². The van der Waals surface area contributed by atoms with Crippen LogP contribution in [0.4, 0.5) is 0 Å². The zero-order valence-corrected chi connectivity index (χ0v) is 6.69. The number of hydrogen-bond donors (Lipinski definition) is 0. The van der Waals surface area contributed by atoms with Crippen LogP contribution in [-0.4, -0.2) is 18.9 Å². The summed E-state index contributed by atoms with van der Waals surface area (Å²) in [6.45, 7) is 0. The number of nitrogens with zero attached hydrogens (tertiary/aromatic N) is 3. The summed E-state index contributed by atoms with van der Waals surface area (Å²) in [5, 5.41) is 7.62. The lowest BCUT2D eigenvalue weighted by atomic mass is 10.6. The molecule has 0 N–H and O–H groups in total. The SMILES string of the molecule is C1=Cc2nncn2C=I1. The van der Waals surface area contributed by atoms with E-state index < -0.39 is 0 Å². The van der Waals surface area contributed by atoms with Gasteiger partial charge in [0.1, 0.15) is 6.33 Å². The molecule has 0 unspecified atom stereocenters. The van der Waals surface area contributed by atoms with Crippen molar-refractivity contribution in [1.29, 1.82) is 0 Å². The lowest BCUT2D eigenvalue weighted by Gasteiger charge is -1.95. The summed E-state index contributed by atoms with van der Waals surface area (Å²) < 4.78 is 6.28. The first kappa shape index (κ1) is 5.28. The molecule has 0 radical (unpaired) electrons. The third-order valence-corrected chi connectivity index (χ3v) is 2.74. The van der Waals surface area contributed by atoms with Gasteiger partial charge >= 0.3 is 0 Å². The van der Waals surface area contributed by atoms with Crippen molar-refractivity contribution >= 4 is 30.9 Å². The normalized spacial score (nSPS) is 14.7. The molecule has 0 atom stereocenters. The fourth-order valence-corrected chi connectivity index (χ4v) is 2.12. The van der Waals surface area contributed by atoms with Crippen molar-refractivity contribution in [2.75, 3.05) is 0 Å². The molecule has 0 aromatic carbocycles. The van der Waals surface area contributed by atoms with Crippen LogP contribution < -0.4 is 0 Å². The lowest BCUT2D eigenvalue weighted by molar-refractivity contribution is 1.08. The average molecular weight is 233 g/mol. The highest BCUT2D eigenvalue weighted by Gasteiger charge is 1.97. The summed E-state index contributed by atoms with van der Waals surface area (Å²) in [7, 11) is 0. The van der Waals surface area contributed by atoms with Crippen molar-refractivity contribution < 1.29 is 0 Å². The first-order valence-corrected chi connectivity index (χ1v) is 4.97. The third-order valence-electron chi connectivity index (χ3n) is 1.05. The van der Waals surface area contributed by atoms with Crippen LogP contribution in [0.15, 0.2) is 10.4 Å². The van der Waals surface area contributed by atoms with Gasteiger partial charge in [-0.15, -0.1) is 10.2 Å². The lowest BCUT2D eigenvalue weighted by Crippen LogP contribution is -1.95. The van der Waals surface area contributed by atoms with E-state index in [-0.39, 0.29) is 20.7 Å². The maximum Gasteiger partial charge on any atom is 0.161 e. The molecule has 1 aromatic rings. The van der Waals surface area contributed by atoms with Crippen molar-refractivity contribution in [2.24, 2.45) is 0 Å². The Kier molecular flexibility index (Phi) is 1.18. The van der Waals surface area contributed by atoms with Crippen LogP contribution in [-0.2, 0) is 0 Å². The molecular weight excluding hydrogens is 229 g/mol. The summed E-state index contributed by atoms with van der Waals surface area (Å²) >= 11 is 0.129. The van der Waals surface area contributed by atoms with E-state index in [1.165, 1.54) is 0 Å². The number of fused-ring (bicyclic) bond motifs is 1. The standard InChI is InChI=1S/C5H4IN3/c1-2-6-3-9-4-7-8-5(1)9/h1-4H. The Morgan fingerprint density at radius 1 is 1.56 bits per heavy atom. The molecule has 2 rings (SSSR count). The molecule has 0 saturated carbocycles. The molecule has 1 aromatic heterocycles. The van der Waals surface area contributed by atoms with E-state index in [0.717, 1.165) is 5.82 Å². The Hall–Kier alpha value is -0.520. The van der Waals surface area contributed by atoms with E-state index in [9.17, 15) is 0 Å². The molecular formula is C5H4IN3. The predicted octanol–water partition coefficient (Wildman–Crippen LogP) is 0.841. The van der Waals surface area contributed by atoms with Gasteiger partial charge in [-0.3, -0.25) is 4.57 Å². The highest BCUT2D eigenvalue weighted by molar-refractivity contribution is 14.2. The van der Waals surface area contributed by atoms with Gasteiger partial charge in [0.05, 0.1) is 0 Å². The molecule has 9 heavy (non-hydrogen) atoms. The van der Waals surface area contributed by atoms with Gasteiger partial charge in [0.15, 0.2) is 5.82 Å². The zero-order valence-electron chi connectivity index (χ0n) is 4.53. The minimum atomic E-state index is 0.129. The Morgan fingerprint density at radius 3 is 3.44 bits per heavy atom. The zero-order chi connectivity index (χ0) is 6.10. The largest absolute Gasteiger partial charge is 0.284 e. The van der Waals surface area contributed by atoms with E-state index in [1.54, 1.807) is 6.33 Å². The van der Waals surface area contributed by atoms with E-state index in [0.29, 0.717) is 0 Å². The van der Waals surface area contributed by atoms with Gasteiger partial charge in [-0.2, -0.15) is 0 Å². The monoisotopic (exact) mass is 233 g/mol. The second-order valence-corrected chi connectivity index (χ2v) is 3.61. The fourth-order valence-electron chi connectivity index (χ4n) is 0.632. The first-order chi connectivity index (χ1) is 4.47. The predicted molar refractivity (Wildman–Crippen MR) is 44.5 cm³/mol. The second-order valence-electron chi connectivity index (χ2n) is 1.61. The number of aromatic nitrogens is 3. The second kappa shape index (κ2) is 2.02. The Balaban J connectivity index is 2.68.